The normalized spacial score (nSPS) is 11.3. The van der Waals surface area contributed by atoms with Gasteiger partial charge in [0.2, 0.25) is 0 Å². The summed E-state index contributed by atoms with van der Waals surface area (Å²) in [6.45, 7) is 3.89. The summed E-state index contributed by atoms with van der Waals surface area (Å²) in [7, 11) is 1.22. The van der Waals surface area contributed by atoms with E-state index in [9.17, 15) is 13.2 Å². The molecule has 0 aliphatic carbocycles. The minimum absolute atomic E-state index is 0.201. The Labute approximate surface area is 129 Å². The van der Waals surface area contributed by atoms with E-state index in [4.69, 9.17) is 4.74 Å². The van der Waals surface area contributed by atoms with E-state index in [1.165, 1.54) is 13.2 Å². The zero-order chi connectivity index (χ0) is 15.6. The topological polar surface area (TPSA) is 9.23 Å². The van der Waals surface area contributed by atoms with Crippen LogP contribution >= 0.6 is 15.9 Å². The van der Waals surface area contributed by atoms with Gasteiger partial charge < -0.3 is 4.74 Å². The Kier molecular flexibility index (Phi) is 4.42. The third-order valence-electron chi connectivity index (χ3n) is 3.03. The van der Waals surface area contributed by atoms with Gasteiger partial charge in [0.05, 0.1) is 12.7 Å². The van der Waals surface area contributed by atoms with Crippen LogP contribution < -0.4 is 4.74 Å². The van der Waals surface area contributed by atoms with Gasteiger partial charge in [0.1, 0.15) is 5.75 Å². The van der Waals surface area contributed by atoms with Gasteiger partial charge in [-0.3, -0.25) is 0 Å². The second kappa shape index (κ2) is 5.93. The molecule has 0 unspecified atom stereocenters. The number of hydrogen-bond donors (Lipinski definition) is 0. The maximum atomic E-state index is 13.0. The standard InChI is InChI=1S/C16H12BrF3O/c1-10(11-4-3-5-13(17)8-11)12-6-7-15(21-2)14(9-12)16(18,19)20/h3-9H,1H2,2H3. The monoisotopic (exact) mass is 356 g/mol. The number of rotatable bonds is 3. The third kappa shape index (κ3) is 3.47. The number of benzene rings is 2. The van der Waals surface area contributed by atoms with Crippen LogP contribution in [0.2, 0.25) is 0 Å². The second-order valence-corrected chi connectivity index (χ2v) is 5.32. The van der Waals surface area contributed by atoms with Crippen molar-refractivity contribution >= 4 is 21.5 Å². The van der Waals surface area contributed by atoms with E-state index in [0.29, 0.717) is 11.1 Å². The van der Waals surface area contributed by atoms with Gasteiger partial charge in [-0.2, -0.15) is 13.2 Å². The molecule has 0 spiro atoms. The van der Waals surface area contributed by atoms with Crippen molar-refractivity contribution in [3.05, 3.63) is 70.2 Å². The first-order chi connectivity index (χ1) is 9.82. The Morgan fingerprint density at radius 1 is 1.10 bits per heavy atom. The summed E-state index contributed by atoms with van der Waals surface area (Å²) in [6, 6.07) is 11.2. The van der Waals surface area contributed by atoms with Gasteiger partial charge in [-0.05, 0) is 41.0 Å². The first kappa shape index (κ1) is 15.6. The molecule has 2 aromatic carbocycles. The lowest BCUT2D eigenvalue weighted by Gasteiger charge is -2.14. The number of ether oxygens (including phenoxy) is 1. The van der Waals surface area contributed by atoms with E-state index < -0.39 is 11.7 Å². The molecule has 21 heavy (non-hydrogen) atoms. The lowest BCUT2D eigenvalue weighted by atomic mass is 9.97. The van der Waals surface area contributed by atoms with E-state index in [-0.39, 0.29) is 5.75 Å². The Hall–Kier alpha value is -1.75. The number of alkyl halides is 3. The lowest BCUT2D eigenvalue weighted by Crippen LogP contribution is -2.08. The van der Waals surface area contributed by atoms with Gasteiger partial charge in [-0.15, -0.1) is 0 Å². The van der Waals surface area contributed by atoms with Crippen LogP contribution in [-0.4, -0.2) is 7.11 Å². The van der Waals surface area contributed by atoms with E-state index in [0.717, 1.165) is 16.1 Å². The predicted octanol–water partition coefficient (Wildman–Crippen LogP) is 5.54. The highest BCUT2D eigenvalue weighted by atomic mass is 79.9. The molecule has 0 radical (unpaired) electrons. The molecule has 0 saturated heterocycles. The largest absolute Gasteiger partial charge is 0.496 e. The molecule has 0 atom stereocenters. The molecule has 0 saturated carbocycles. The van der Waals surface area contributed by atoms with Crippen molar-refractivity contribution < 1.29 is 17.9 Å². The van der Waals surface area contributed by atoms with Crippen LogP contribution in [0.25, 0.3) is 5.57 Å². The van der Waals surface area contributed by atoms with Gasteiger partial charge in [0, 0.05) is 4.47 Å². The number of methoxy groups -OCH3 is 1. The van der Waals surface area contributed by atoms with Gasteiger partial charge in [-0.1, -0.05) is 40.7 Å². The molecule has 0 heterocycles. The zero-order valence-corrected chi connectivity index (χ0v) is 12.8. The van der Waals surface area contributed by atoms with Gasteiger partial charge in [0.25, 0.3) is 0 Å². The Bertz CT molecular complexity index is 677. The summed E-state index contributed by atoms with van der Waals surface area (Å²) < 4.78 is 44.7. The maximum Gasteiger partial charge on any atom is 0.419 e. The number of halogens is 4. The minimum atomic E-state index is -4.47. The van der Waals surface area contributed by atoms with Crippen molar-refractivity contribution in [1.29, 1.82) is 0 Å². The zero-order valence-electron chi connectivity index (χ0n) is 11.2. The first-order valence-corrected chi connectivity index (χ1v) is 6.82. The molecule has 0 aliphatic rings. The fraction of sp³-hybridized carbons (Fsp3) is 0.125. The molecule has 0 N–H and O–H groups in total. The molecule has 1 nitrogen and oxygen atoms in total. The predicted molar refractivity (Wildman–Crippen MR) is 80.3 cm³/mol. The fourth-order valence-corrected chi connectivity index (χ4v) is 2.36. The van der Waals surface area contributed by atoms with E-state index in [2.05, 4.69) is 22.5 Å². The lowest BCUT2D eigenvalue weighted by molar-refractivity contribution is -0.138. The van der Waals surface area contributed by atoms with Gasteiger partial charge in [-0.25, -0.2) is 0 Å². The van der Waals surface area contributed by atoms with E-state index in [1.807, 2.05) is 6.07 Å². The van der Waals surface area contributed by atoms with Crippen molar-refractivity contribution in [2.45, 2.75) is 6.18 Å². The molecule has 0 aliphatic heterocycles. The molecule has 0 fully saturated rings. The van der Waals surface area contributed by atoms with Gasteiger partial charge in [0.15, 0.2) is 0 Å². The maximum absolute atomic E-state index is 13.0. The van der Waals surface area contributed by atoms with Crippen LogP contribution in [0.4, 0.5) is 13.2 Å². The third-order valence-corrected chi connectivity index (χ3v) is 3.52. The Balaban J connectivity index is 2.48. The van der Waals surface area contributed by atoms with Crippen LogP contribution in [0.3, 0.4) is 0 Å². The van der Waals surface area contributed by atoms with Crippen molar-refractivity contribution in [2.24, 2.45) is 0 Å². The summed E-state index contributed by atoms with van der Waals surface area (Å²) in [6.07, 6.45) is -4.47. The average Bonchev–Trinajstić information content (AvgIpc) is 2.45. The van der Waals surface area contributed by atoms with Crippen LogP contribution in [0.15, 0.2) is 53.5 Å². The van der Waals surface area contributed by atoms with Crippen LogP contribution in [0.5, 0.6) is 5.75 Å². The number of hydrogen-bond acceptors (Lipinski definition) is 1. The van der Waals surface area contributed by atoms with Crippen molar-refractivity contribution in [3.8, 4) is 5.75 Å². The molecule has 0 bridgehead atoms. The SMILES string of the molecule is C=C(c1cccc(Br)c1)c1ccc(OC)c(C(F)(F)F)c1. The summed E-state index contributed by atoms with van der Waals surface area (Å²) >= 11 is 3.33. The summed E-state index contributed by atoms with van der Waals surface area (Å²) in [5.74, 6) is -0.201. The summed E-state index contributed by atoms with van der Waals surface area (Å²) in [5, 5.41) is 0. The molecular formula is C16H12BrF3O. The molecule has 0 amide bonds. The molecule has 2 aromatic rings. The first-order valence-electron chi connectivity index (χ1n) is 6.03. The molecule has 110 valence electrons. The average molecular weight is 357 g/mol. The molecule has 2 rings (SSSR count). The Morgan fingerprint density at radius 3 is 2.33 bits per heavy atom. The van der Waals surface area contributed by atoms with Crippen LogP contribution in [0, 0.1) is 0 Å². The van der Waals surface area contributed by atoms with Crippen molar-refractivity contribution in [2.75, 3.05) is 7.11 Å². The van der Waals surface area contributed by atoms with E-state index in [1.54, 1.807) is 24.3 Å². The second-order valence-electron chi connectivity index (χ2n) is 4.40. The highest BCUT2D eigenvalue weighted by Gasteiger charge is 2.34. The Morgan fingerprint density at radius 2 is 1.76 bits per heavy atom. The van der Waals surface area contributed by atoms with Crippen molar-refractivity contribution in [1.82, 2.24) is 0 Å². The summed E-state index contributed by atoms with van der Waals surface area (Å²) in [5.41, 5.74) is 0.868. The highest BCUT2D eigenvalue weighted by Crippen LogP contribution is 2.38. The van der Waals surface area contributed by atoms with Gasteiger partial charge >= 0.3 is 6.18 Å². The summed E-state index contributed by atoms with van der Waals surface area (Å²) in [4.78, 5) is 0. The van der Waals surface area contributed by atoms with Crippen LogP contribution in [-0.2, 0) is 6.18 Å². The fourth-order valence-electron chi connectivity index (χ4n) is 1.96. The van der Waals surface area contributed by atoms with Crippen LogP contribution in [0.1, 0.15) is 16.7 Å². The van der Waals surface area contributed by atoms with E-state index >= 15 is 0 Å². The smallest absolute Gasteiger partial charge is 0.419 e. The molecule has 0 aromatic heterocycles. The minimum Gasteiger partial charge on any atom is -0.496 e. The highest BCUT2D eigenvalue weighted by molar-refractivity contribution is 9.10. The van der Waals surface area contributed by atoms with Crippen molar-refractivity contribution in [3.63, 3.8) is 0 Å². The molecule has 5 heteroatoms. The quantitative estimate of drug-likeness (QED) is 0.701. The molecular weight excluding hydrogens is 345 g/mol.